The third-order valence-electron chi connectivity index (χ3n) is 3.88. The molecule has 2 N–H and O–H groups in total. The van der Waals surface area contributed by atoms with Crippen molar-refractivity contribution in [3.8, 4) is 5.75 Å². The summed E-state index contributed by atoms with van der Waals surface area (Å²) in [5, 5.41) is 11.8. The molecule has 1 unspecified atom stereocenters. The highest BCUT2D eigenvalue weighted by Crippen LogP contribution is 2.36. The van der Waals surface area contributed by atoms with Gasteiger partial charge in [-0.1, -0.05) is 12.1 Å². The lowest BCUT2D eigenvalue weighted by atomic mass is 9.92. The average Bonchev–Trinajstić information content (AvgIpc) is 2.89. The third kappa shape index (κ3) is 2.03. The smallest absolute Gasteiger partial charge is 0.231 e. The Morgan fingerprint density at radius 2 is 2.24 bits per heavy atom. The van der Waals surface area contributed by atoms with Crippen LogP contribution in [0.25, 0.3) is 11.0 Å². The van der Waals surface area contributed by atoms with Gasteiger partial charge in [0, 0.05) is 12.4 Å². The Balaban J connectivity index is 2.07. The first kappa shape index (κ1) is 13.5. The van der Waals surface area contributed by atoms with E-state index in [9.17, 15) is 4.79 Å². The summed E-state index contributed by atoms with van der Waals surface area (Å²) in [6, 6.07) is 7.53. The molecule has 6 nitrogen and oxygen atoms in total. The summed E-state index contributed by atoms with van der Waals surface area (Å²) in [6.07, 6.45) is 0.230. The molecule has 1 saturated heterocycles. The predicted octanol–water partition coefficient (Wildman–Crippen LogP) is 2.04. The van der Waals surface area contributed by atoms with E-state index < -0.39 is 5.54 Å². The van der Waals surface area contributed by atoms with Crippen LogP contribution in [0.2, 0.25) is 0 Å². The van der Waals surface area contributed by atoms with Crippen LogP contribution in [-0.2, 0) is 10.3 Å². The molecule has 3 rings (SSSR count). The maximum absolute atomic E-state index is 12.0. The van der Waals surface area contributed by atoms with Gasteiger partial charge in [0.2, 0.25) is 5.91 Å². The van der Waals surface area contributed by atoms with Crippen molar-refractivity contribution in [2.75, 3.05) is 14.2 Å². The second kappa shape index (κ2) is 4.51. The molecule has 1 amide bonds. The van der Waals surface area contributed by atoms with Gasteiger partial charge in [0.15, 0.2) is 17.3 Å². The molecule has 1 aromatic carbocycles. The molecule has 1 aliphatic heterocycles. The van der Waals surface area contributed by atoms with Crippen LogP contribution in [0.3, 0.4) is 0 Å². The Morgan fingerprint density at radius 3 is 2.90 bits per heavy atom. The van der Waals surface area contributed by atoms with Crippen LogP contribution < -0.4 is 10.1 Å². The maximum atomic E-state index is 12.0. The molecule has 1 atom stereocenters. The highest BCUT2D eigenvalue weighted by atomic mass is 16.5. The van der Waals surface area contributed by atoms with E-state index in [0.717, 1.165) is 5.39 Å². The largest absolute Gasteiger partial charge is 0.493 e. The minimum absolute atomic E-state index is 0.0705. The number of guanidine groups is 1. The van der Waals surface area contributed by atoms with Gasteiger partial charge < -0.3 is 14.5 Å². The number of methoxy groups -OCH3 is 1. The molecule has 0 bridgehead atoms. The molecule has 2 aromatic rings. The van der Waals surface area contributed by atoms with Gasteiger partial charge in [-0.3, -0.25) is 15.1 Å². The molecular weight excluding hydrogens is 270 g/mol. The first-order valence-corrected chi connectivity index (χ1v) is 6.65. The van der Waals surface area contributed by atoms with Crippen LogP contribution in [0, 0.1) is 5.41 Å². The van der Waals surface area contributed by atoms with Crippen LogP contribution in [0.15, 0.2) is 28.7 Å². The number of nitrogens with one attached hydrogen (secondary N) is 2. The fourth-order valence-electron chi connectivity index (χ4n) is 2.55. The molecule has 0 saturated carbocycles. The molecule has 0 aliphatic carbocycles. The molecule has 1 aliphatic rings. The van der Waals surface area contributed by atoms with E-state index in [2.05, 4.69) is 5.32 Å². The number of fused-ring (bicyclic) bond motifs is 1. The van der Waals surface area contributed by atoms with E-state index in [-0.39, 0.29) is 18.3 Å². The first-order valence-electron chi connectivity index (χ1n) is 6.65. The van der Waals surface area contributed by atoms with E-state index in [0.29, 0.717) is 17.1 Å². The van der Waals surface area contributed by atoms with Crippen molar-refractivity contribution in [1.29, 1.82) is 5.41 Å². The highest BCUT2D eigenvalue weighted by Gasteiger charge is 2.40. The van der Waals surface area contributed by atoms with Crippen molar-refractivity contribution in [3.05, 3.63) is 30.0 Å². The van der Waals surface area contributed by atoms with Crippen molar-refractivity contribution in [2.24, 2.45) is 0 Å². The van der Waals surface area contributed by atoms with Gasteiger partial charge in [-0.25, -0.2) is 0 Å². The number of hydrogen-bond donors (Lipinski definition) is 2. The molecule has 1 aromatic heterocycles. The van der Waals surface area contributed by atoms with Crippen molar-refractivity contribution < 1.29 is 13.9 Å². The molecule has 6 heteroatoms. The van der Waals surface area contributed by atoms with Gasteiger partial charge in [-0.15, -0.1) is 0 Å². The average molecular weight is 287 g/mol. The Hall–Kier alpha value is -2.50. The molecule has 1 fully saturated rings. The SMILES string of the molecule is COc1cccc2cc(C3(C)CC(=O)N(C)C(=N)N3)oc12. The summed E-state index contributed by atoms with van der Waals surface area (Å²) in [6.45, 7) is 1.86. The zero-order chi connectivity index (χ0) is 15.2. The summed E-state index contributed by atoms with van der Waals surface area (Å²) in [4.78, 5) is 13.3. The van der Waals surface area contributed by atoms with Gasteiger partial charge in [0.1, 0.15) is 11.3 Å². The van der Waals surface area contributed by atoms with Crippen LogP contribution in [-0.4, -0.2) is 30.9 Å². The number of amides is 1. The molecular formula is C15H17N3O3. The summed E-state index contributed by atoms with van der Waals surface area (Å²) in [7, 11) is 3.17. The predicted molar refractivity (Wildman–Crippen MR) is 78.4 cm³/mol. The van der Waals surface area contributed by atoms with Crippen molar-refractivity contribution in [2.45, 2.75) is 18.9 Å². The number of rotatable bonds is 2. The van der Waals surface area contributed by atoms with Crippen LogP contribution in [0.5, 0.6) is 5.75 Å². The highest BCUT2D eigenvalue weighted by molar-refractivity contribution is 5.99. The molecule has 2 heterocycles. The van der Waals surface area contributed by atoms with E-state index in [4.69, 9.17) is 14.6 Å². The molecule has 110 valence electrons. The summed E-state index contributed by atoms with van der Waals surface area (Å²) < 4.78 is 11.2. The second-order valence-electron chi connectivity index (χ2n) is 5.42. The van der Waals surface area contributed by atoms with E-state index in [1.165, 1.54) is 4.90 Å². The van der Waals surface area contributed by atoms with Crippen molar-refractivity contribution in [3.63, 3.8) is 0 Å². The Kier molecular flexibility index (Phi) is 2.90. The van der Waals surface area contributed by atoms with E-state index >= 15 is 0 Å². The topological polar surface area (TPSA) is 78.6 Å². The molecule has 21 heavy (non-hydrogen) atoms. The van der Waals surface area contributed by atoms with Crippen molar-refractivity contribution >= 4 is 22.8 Å². The summed E-state index contributed by atoms with van der Waals surface area (Å²) in [5.74, 6) is 1.22. The van der Waals surface area contributed by atoms with E-state index in [1.807, 2.05) is 31.2 Å². The fraction of sp³-hybridized carbons (Fsp3) is 0.333. The van der Waals surface area contributed by atoms with Crippen LogP contribution in [0.4, 0.5) is 0 Å². The minimum atomic E-state index is -0.731. The van der Waals surface area contributed by atoms with Gasteiger partial charge >= 0.3 is 0 Å². The number of hydrogen-bond acceptors (Lipinski definition) is 4. The third-order valence-corrected chi connectivity index (χ3v) is 3.88. The van der Waals surface area contributed by atoms with Crippen molar-refractivity contribution in [1.82, 2.24) is 10.2 Å². The zero-order valence-electron chi connectivity index (χ0n) is 12.2. The van der Waals surface area contributed by atoms with Crippen LogP contribution >= 0.6 is 0 Å². The Labute approximate surface area is 122 Å². The number of ether oxygens (including phenoxy) is 1. The molecule has 0 spiro atoms. The van der Waals surface area contributed by atoms with Gasteiger partial charge in [0.25, 0.3) is 0 Å². The Morgan fingerprint density at radius 1 is 1.48 bits per heavy atom. The monoisotopic (exact) mass is 287 g/mol. The number of carbonyl (C=O) groups is 1. The number of furan rings is 1. The van der Waals surface area contributed by atoms with E-state index in [1.54, 1.807) is 14.2 Å². The molecule has 0 radical (unpaired) electrons. The lowest BCUT2D eigenvalue weighted by Crippen LogP contribution is -2.58. The van der Waals surface area contributed by atoms with Gasteiger partial charge in [0.05, 0.1) is 13.5 Å². The van der Waals surface area contributed by atoms with Gasteiger partial charge in [-0.05, 0) is 19.1 Å². The maximum Gasteiger partial charge on any atom is 0.231 e. The zero-order valence-corrected chi connectivity index (χ0v) is 12.2. The summed E-state index contributed by atoms with van der Waals surface area (Å²) >= 11 is 0. The van der Waals surface area contributed by atoms with Gasteiger partial charge in [-0.2, -0.15) is 0 Å². The Bertz CT molecular complexity index is 717. The number of benzene rings is 1. The second-order valence-corrected chi connectivity index (χ2v) is 5.42. The fourth-order valence-corrected chi connectivity index (χ4v) is 2.55. The minimum Gasteiger partial charge on any atom is -0.493 e. The lowest BCUT2D eigenvalue weighted by molar-refractivity contribution is -0.129. The quantitative estimate of drug-likeness (QED) is 0.886. The lowest BCUT2D eigenvalue weighted by Gasteiger charge is -2.37. The standard InChI is InChI=1S/C15H17N3O3/c1-15(8-12(19)18(2)14(16)17-15)11-7-9-5-4-6-10(20-3)13(9)21-11/h4-7H,8H2,1-3H3,(H2,16,17). The number of nitrogens with zero attached hydrogens (tertiary/aromatic N) is 1. The normalized spacial score (nSPS) is 22.5. The number of carbonyl (C=O) groups excluding carboxylic acids is 1. The van der Waals surface area contributed by atoms with Crippen LogP contribution in [0.1, 0.15) is 19.1 Å². The number of para-hydroxylation sites is 1. The first-order chi connectivity index (χ1) is 9.94. The summed E-state index contributed by atoms with van der Waals surface area (Å²) in [5.41, 5.74) is -0.0824.